The highest BCUT2D eigenvalue weighted by molar-refractivity contribution is 7.13. The van der Waals surface area contributed by atoms with Gasteiger partial charge in [-0.3, -0.25) is 0 Å². The molecule has 0 spiro atoms. The minimum Gasteiger partial charge on any atom is -0.348 e. The first kappa shape index (κ1) is 8.42. The van der Waals surface area contributed by atoms with E-state index in [9.17, 15) is 0 Å². The number of rotatable bonds is 4. The SMILES string of the molecule is CNCCN(C)c1nncs1. The summed E-state index contributed by atoms with van der Waals surface area (Å²) in [5.74, 6) is 0. The van der Waals surface area contributed by atoms with Gasteiger partial charge in [-0.05, 0) is 7.05 Å². The number of nitrogens with one attached hydrogen (secondary N) is 1. The van der Waals surface area contributed by atoms with E-state index in [1.54, 1.807) is 16.8 Å². The monoisotopic (exact) mass is 172 g/mol. The second-order valence-electron chi connectivity index (χ2n) is 2.25. The third-order valence-electron chi connectivity index (χ3n) is 1.37. The largest absolute Gasteiger partial charge is 0.348 e. The van der Waals surface area contributed by atoms with E-state index in [1.807, 2.05) is 14.1 Å². The summed E-state index contributed by atoms with van der Waals surface area (Å²) in [6.45, 7) is 1.93. The van der Waals surface area contributed by atoms with Crippen molar-refractivity contribution in [2.45, 2.75) is 0 Å². The van der Waals surface area contributed by atoms with Crippen LogP contribution in [0.15, 0.2) is 5.51 Å². The second-order valence-corrected chi connectivity index (χ2v) is 3.06. The molecule has 0 unspecified atom stereocenters. The molecular formula is C6H12N4S. The first-order chi connectivity index (χ1) is 5.34. The highest BCUT2D eigenvalue weighted by Gasteiger charge is 2.01. The number of likely N-dealkylation sites (N-methyl/N-ethyl adjacent to an activating group) is 2. The van der Waals surface area contributed by atoms with Gasteiger partial charge in [-0.25, -0.2) is 0 Å². The van der Waals surface area contributed by atoms with Crippen LogP contribution in [0.4, 0.5) is 5.13 Å². The van der Waals surface area contributed by atoms with Gasteiger partial charge in [0.25, 0.3) is 0 Å². The van der Waals surface area contributed by atoms with Crippen LogP contribution < -0.4 is 10.2 Å². The fourth-order valence-electron chi connectivity index (χ4n) is 0.709. The third-order valence-corrected chi connectivity index (χ3v) is 2.18. The van der Waals surface area contributed by atoms with Gasteiger partial charge >= 0.3 is 0 Å². The van der Waals surface area contributed by atoms with E-state index in [2.05, 4.69) is 20.4 Å². The van der Waals surface area contributed by atoms with Gasteiger partial charge in [0.1, 0.15) is 5.51 Å². The normalized spacial score (nSPS) is 10.0. The zero-order valence-electron chi connectivity index (χ0n) is 6.74. The second kappa shape index (κ2) is 4.25. The van der Waals surface area contributed by atoms with Gasteiger partial charge in [0.05, 0.1) is 0 Å². The molecule has 1 rings (SSSR count). The molecule has 5 heteroatoms. The van der Waals surface area contributed by atoms with Gasteiger partial charge in [0.2, 0.25) is 5.13 Å². The van der Waals surface area contributed by atoms with Crippen molar-refractivity contribution in [3.8, 4) is 0 Å². The smallest absolute Gasteiger partial charge is 0.207 e. The first-order valence-corrected chi connectivity index (χ1v) is 4.34. The zero-order chi connectivity index (χ0) is 8.10. The number of anilines is 1. The zero-order valence-corrected chi connectivity index (χ0v) is 7.56. The maximum absolute atomic E-state index is 3.94. The Kier molecular flexibility index (Phi) is 3.25. The Morgan fingerprint density at radius 3 is 3.09 bits per heavy atom. The molecule has 1 heterocycles. The van der Waals surface area contributed by atoms with Gasteiger partial charge in [-0.15, -0.1) is 10.2 Å². The molecule has 0 saturated heterocycles. The summed E-state index contributed by atoms with van der Waals surface area (Å²) < 4.78 is 0. The molecule has 1 aromatic rings. The molecule has 0 fully saturated rings. The quantitative estimate of drug-likeness (QED) is 0.704. The number of nitrogens with zero attached hydrogens (tertiary/aromatic N) is 3. The van der Waals surface area contributed by atoms with Crippen LogP contribution >= 0.6 is 11.3 Å². The topological polar surface area (TPSA) is 41.0 Å². The molecule has 1 aromatic heterocycles. The lowest BCUT2D eigenvalue weighted by atomic mass is 10.6. The fourth-order valence-corrected chi connectivity index (χ4v) is 1.26. The molecule has 0 aliphatic rings. The Morgan fingerprint density at radius 1 is 1.73 bits per heavy atom. The lowest BCUT2D eigenvalue weighted by Gasteiger charge is -2.13. The average molecular weight is 172 g/mol. The number of hydrogen-bond donors (Lipinski definition) is 1. The van der Waals surface area contributed by atoms with Crippen molar-refractivity contribution in [2.75, 3.05) is 32.1 Å². The Balaban J connectivity index is 2.36. The molecular weight excluding hydrogens is 160 g/mol. The number of hydrogen-bond acceptors (Lipinski definition) is 5. The van der Waals surface area contributed by atoms with E-state index in [0.717, 1.165) is 18.2 Å². The van der Waals surface area contributed by atoms with E-state index in [1.165, 1.54) is 0 Å². The minimum absolute atomic E-state index is 0.964. The van der Waals surface area contributed by atoms with Crippen LogP contribution in [0.25, 0.3) is 0 Å². The van der Waals surface area contributed by atoms with E-state index in [4.69, 9.17) is 0 Å². The first-order valence-electron chi connectivity index (χ1n) is 3.46. The highest BCUT2D eigenvalue weighted by atomic mass is 32.1. The van der Waals surface area contributed by atoms with Crippen LogP contribution in [0.5, 0.6) is 0 Å². The van der Waals surface area contributed by atoms with Gasteiger partial charge in [-0.2, -0.15) is 0 Å². The van der Waals surface area contributed by atoms with E-state index in [0.29, 0.717) is 0 Å². The molecule has 0 aliphatic heterocycles. The Labute approximate surface area is 70.2 Å². The molecule has 0 amide bonds. The van der Waals surface area contributed by atoms with Gasteiger partial charge in [0.15, 0.2) is 0 Å². The summed E-state index contributed by atoms with van der Waals surface area (Å²) in [6.07, 6.45) is 0. The van der Waals surface area contributed by atoms with Crippen LogP contribution in [0.1, 0.15) is 0 Å². The lowest BCUT2D eigenvalue weighted by Crippen LogP contribution is -2.26. The fraction of sp³-hybridized carbons (Fsp3) is 0.667. The van der Waals surface area contributed by atoms with Crippen molar-refractivity contribution in [1.29, 1.82) is 0 Å². The van der Waals surface area contributed by atoms with Crippen LogP contribution in [-0.4, -0.2) is 37.4 Å². The predicted octanol–water partition coefficient (Wildman–Crippen LogP) is 0.194. The molecule has 11 heavy (non-hydrogen) atoms. The Hall–Kier alpha value is -0.680. The van der Waals surface area contributed by atoms with Crippen molar-refractivity contribution in [3.05, 3.63) is 5.51 Å². The Morgan fingerprint density at radius 2 is 2.55 bits per heavy atom. The van der Waals surface area contributed by atoms with Crippen LogP contribution in [0.2, 0.25) is 0 Å². The van der Waals surface area contributed by atoms with E-state index < -0.39 is 0 Å². The predicted molar refractivity (Wildman–Crippen MR) is 47.1 cm³/mol. The molecule has 1 N–H and O–H groups in total. The van der Waals surface area contributed by atoms with Crippen molar-refractivity contribution in [2.24, 2.45) is 0 Å². The molecule has 0 aromatic carbocycles. The summed E-state index contributed by atoms with van der Waals surface area (Å²) in [7, 11) is 3.95. The minimum atomic E-state index is 0.964. The molecule has 0 radical (unpaired) electrons. The van der Waals surface area contributed by atoms with Crippen molar-refractivity contribution in [1.82, 2.24) is 15.5 Å². The standard InChI is InChI=1S/C6H12N4S/c1-7-3-4-10(2)6-9-8-5-11-6/h5,7H,3-4H2,1-2H3. The highest BCUT2D eigenvalue weighted by Crippen LogP contribution is 2.12. The summed E-state index contributed by atoms with van der Waals surface area (Å²) in [5.41, 5.74) is 1.74. The van der Waals surface area contributed by atoms with Gasteiger partial charge < -0.3 is 10.2 Å². The number of aromatic nitrogens is 2. The van der Waals surface area contributed by atoms with Crippen molar-refractivity contribution in [3.63, 3.8) is 0 Å². The Bertz CT molecular complexity index is 186. The van der Waals surface area contributed by atoms with Crippen LogP contribution in [0, 0.1) is 0 Å². The average Bonchev–Trinajstić information content (AvgIpc) is 2.52. The van der Waals surface area contributed by atoms with Crippen molar-refractivity contribution < 1.29 is 0 Å². The summed E-state index contributed by atoms with van der Waals surface area (Å²) >= 11 is 1.56. The van der Waals surface area contributed by atoms with E-state index >= 15 is 0 Å². The van der Waals surface area contributed by atoms with Crippen molar-refractivity contribution >= 4 is 16.5 Å². The summed E-state index contributed by atoms with van der Waals surface area (Å²) in [4.78, 5) is 2.08. The summed E-state index contributed by atoms with van der Waals surface area (Å²) in [5, 5.41) is 11.7. The maximum Gasteiger partial charge on any atom is 0.207 e. The molecule has 62 valence electrons. The van der Waals surface area contributed by atoms with Gasteiger partial charge in [0, 0.05) is 20.1 Å². The maximum atomic E-state index is 3.94. The molecule has 0 saturated carbocycles. The van der Waals surface area contributed by atoms with Crippen LogP contribution in [0.3, 0.4) is 0 Å². The van der Waals surface area contributed by atoms with Gasteiger partial charge in [-0.1, -0.05) is 11.3 Å². The van der Waals surface area contributed by atoms with Crippen LogP contribution in [-0.2, 0) is 0 Å². The third kappa shape index (κ3) is 2.44. The molecule has 0 atom stereocenters. The molecule has 0 aliphatic carbocycles. The lowest BCUT2D eigenvalue weighted by molar-refractivity contribution is 0.763. The van der Waals surface area contributed by atoms with E-state index in [-0.39, 0.29) is 0 Å². The molecule has 0 bridgehead atoms. The summed E-state index contributed by atoms with van der Waals surface area (Å²) in [6, 6.07) is 0. The molecule has 4 nitrogen and oxygen atoms in total.